The van der Waals surface area contributed by atoms with Crippen LogP contribution >= 0.6 is 0 Å². The molecule has 2 aromatic rings. The normalized spacial score (nSPS) is 11.8. The molecule has 0 bridgehead atoms. The van der Waals surface area contributed by atoms with E-state index >= 15 is 0 Å². The first-order chi connectivity index (χ1) is 9.55. The van der Waals surface area contributed by atoms with Gasteiger partial charge in [0, 0.05) is 31.0 Å². The highest BCUT2D eigenvalue weighted by Gasteiger charge is 2.17. The second-order valence-electron chi connectivity index (χ2n) is 5.41. The first-order valence-electron chi connectivity index (χ1n) is 6.82. The largest absolute Gasteiger partial charge is 0.477 e. The molecule has 0 saturated heterocycles. The molecule has 108 valence electrons. The van der Waals surface area contributed by atoms with Gasteiger partial charge in [0.05, 0.1) is 17.7 Å². The van der Waals surface area contributed by atoms with Crippen molar-refractivity contribution >= 4 is 10.9 Å². The molecule has 0 fully saturated rings. The fraction of sp³-hybridized carbons (Fsp3) is 0.438. The highest BCUT2D eigenvalue weighted by molar-refractivity contribution is 5.80. The summed E-state index contributed by atoms with van der Waals surface area (Å²) in [6.45, 7) is 5.04. The Morgan fingerprint density at radius 3 is 2.70 bits per heavy atom. The van der Waals surface area contributed by atoms with E-state index in [1.807, 2.05) is 44.2 Å². The van der Waals surface area contributed by atoms with Crippen LogP contribution in [0.15, 0.2) is 30.3 Å². The second kappa shape index (κ2) is 6.20. The number of hydrogen-bond donors (Lipinski definition) is 1. The van der Waals surface area contributed by atoms with Crippen molar-refractivity contribution in [1.82, 2.24) is 4.98 Å². The van der Waals surface area contributed by atoms with Crippen molar-refractivity contribution in [3.05, 3.63) is 35.9 Å². The molecule has 0 unspecified atom stereocenters. The summed E-state index contributed by atoms with van der Waals surface area (Å²) in [5.74, 6) is 0.623. The number of hydrogen-bond acceptors (Lipinski definition) is 4. The minimum atomic E-state index is -0.195. The Balaban J connectivity index is 2.16. The Morgan fingerprint density at radius 2 is 2.00 bits per heavy atom. The van der Waals surface area contributed by atoms with Gasteiger partial charge in [-0.15, -0.1) is 0 Å². The van der Waals surface area contributed by atoms with Crippen LogP contribution in [0.4, 0.5) is 0 Å². The molecule has 0 atom stereocenters. The molecule has 1 aromatic carbocycles. The first-order valence-corrected chi connectivity index (χ1v) is 6.82. The molecular weight excluding hydrogens is 252 g/mol. The summed E-state index contributed by atoms with van der Waals surface area (Å²) < 4.78 is 11.2. The fourth-order valence-electron chi connectivity index (χ4n) is 1.91. The van der Waals surface area contributed by atoms with Crippen LogP contribution in [0.25, 0.3) is 10.9 Å². The number of fused-ring (bicyclic) bond motifs is 1. The summed E-state index contributed by atoms with van der Waals surface area (Å²) in [4.78, 5) is 4.55. The van der Waals surface area contributed by atoms with Crippen LogP contribution in [0.5, 0.6) is 5.88 Å². The monoisotopic (exact) mass is 274 g/mol. The number of pyridine rings is 1. The molecule has 1 aromatic heterocycles. The molecule has 0 amide bonds. The van der Waals surface area contributed by atoms with Gasteiger partial charge in [0.15, 0.2) is 0 Å². The molecule has 0 aliphatic heterocycles. The van der Waals surface area contributed by atoms with E-state index in [2.05, 4.69) is 4.98 Å². The van der Waals surface area contributed by atoms with E-state index in [4.69, 9.17) is 15.2 Å². The van der Waals surface area contributed by atoms with E-state index in [0.29, 0.717) is 19.0 Å². The molecule has 0 saturated carbocycles. The van der Waals surface area contributed by atoms with Crippen LogP contribution in [0.1, 0.15) is 25.8 Å². The lowest BCUT2D eigenvalue weighted by Crippen LogP contribution is -2.25. The SMILES string of the molecule is COC(C)(C)CCOc1nc2ccccc2cc1CN. The predicted molar refractivity (Wildman–Crippen MR) is 80.8 cm³/mol. The third-order valence-electron chi connectivity index (χ3n) is 3.48. The Kier molecular flexibility index (Phi) is 4.57. The van der Waals surface area contributed by atoms with Gasteiger partial charge in [-0.2, -0.15) is 0 Å². The molecule has 1 heterocycles. The number of benzene rings is 1. The maximum absolute atomic E-state index is 5.80. The van der Waals surface area contributed by atoms with Crippen LogP contribution in [0, 0.1) is 0 Å². The molecule has 2 N–H and O–H groups in total. The van der Waals surface area contributed by atoms with Gasteiger partial charge < -0.3 is 15.2 Å². The van der Waals surface area contributed by atoms with E-state index in [0.717, 1.165) is 22.9 Å². The molecule has 4 nitrogen and oxygen atoms in total. The lowest BCUT2D eigenvalue weighted by Gasteiger charge is -2.22. The van der Waals surface area contributed by atoms with E-state index < -0.39 is 0 Å². The standard InChI is InChI=1S/C16H22N2O2/c1-16(2,19-3)8-9-20-15-13(11-17)10-12-6-4-5-7-14(12)18-15/h4-7,10H,8-9,11,17H2,1-3H3. The van der Waals surface area contributed by atoms with Crippen LogP contribution in [0.2, 0.25) is 0 Å². The number of para-hydroxylation sites is 1. The van der Waals surface area contributed by atoms with Gasteiger partial charge in [-0.3, -0.25) is 0 Å². The van der Waals surface area contributed by atoms with Crippen molar-refractivity contribution < 1.29 is 9.47 Å². The third kappa shape index (κ3) is 3.46. The summed E-state index contributed by atoms with van der Waals surface area (Å²) >= 11 is 0. The topological polar surface area (TPSA) is 57.4 Å². The van der Waals surface area contributed by atoms with Crippen LogP contribution in [0.3, 0.4) is 0 Å². The van der Waals surface area contributed by atoms with E-state index in [1.54, 1.807) is 7.11 Å². The van der Waals surface area contributed by atoms with E-state index in [9.17, 15) is 0 Å². The van der Waals surface area contributed by atoms with E-state index in [-0.39, 0.29) is 5.60 Å². The van der Waals surface area contributed by atoms with Crippen molar-refractivity contribution in [3.8, 4) is 5.88 Å². The van der Waals surface area contributed by atoms with Crippen LogP contribution in [-0.2, 0) is 11.3 Å². The van der Waals surface area contributed by atoms with Gasteiger partial charge in [-0.1, -0.05) is 18.2 Å². The maximum Gasteiger partial charge on any atom is 0.218 e. The first kappa shape index (κ1) is 14.8. The second-order valence-corrected chi connectivity index (χ2v) is 5.41. The van der Waals surface area contributed by atoms with Crippen LogP contribution < -0.4 is 10.5 Å². The lowest BCUT2D eigenvalue weighted by molar-refractivity contribution is 0.00503. The molecule has 2 rings (SSSR count). The summed E-state index contributed by atoms with van der Waals surface area (Å²) in [6, 6.07) is 10.0. The molecule has 20 heavy (non-hydrogen) atoms. The Labute approximate surface area is 119 Å². The number of nitrogens with zero attached hydrogens (tertiary/aromatic N) is 1. The highest BCUT2D eigenvalue weighted by atomic mass is 16.5. The summed E-state index contributed by atoms with van der Waals surface area (Å²) in [5.41, 5.74) is 7.44. The van der Waals surface area contributed by atoms with Gasteiger partial charge in [0.2, 0.25) is 5.88 Å². The van der Waals surface area contributed by atoms with E-state index in [1.165, 1.54) is 0 Å². The van der Waals surface area contributed by atoms with Gasteiger partial charge in [-0.25, -0.2) is 4.98 Å². The molecule has 0 aliphatic carbocycles. The van der Waals surface area contributed by atoms with Gasteiger partial charge in [0.1, 0.15) is 0 Å². The minimum Gasteiger partial charge on any atom is -0.477 e. The van der Waals surface area contributed by atoms with Gasteiger partial charge in [0.25, 0.3) is 0 Å². The Morgan fingerprint density at radius 1 is 1.25 bits per heavy atom. The number of rotatable bonds is 6. The van der Waals surface area contributed by atoms with Crippen molar-refractivity contribution in [3.63, 3.8) is 0 Å². The number of nitrogens with two attached hydrogens (primary N) is 1. The van der Waals surface area contributed by atoms with Gasteiger partial charge >= 0.3 is 0 Å². The zero-order chi connectivity index (χ0) is 14.6. The smallest absolute Gasteiger partial charge is 0.218 e. The third-order valence-corrected chi connectivity index (χ3v) is 3.48. The summed E-state index contributed by atoms with van der Waals surface area (Å²) in [5, 5.41) is 1.08. The molecule has 0 spiro atoms. The van der Waals surface area contributed by atoms with Gasteiger partial charge in [-0.05, 0) is 26.0 Å². The zero-order valence-corrected chi connectivity index (χ0v) is 12.3. The number of methoxy groups -OCH3 is 1. The van der Waals surface area contributed by atoms with Crippen molar-refractivity contribution in [2.75, 3.05) is 13.7 Å². The van der Waals surface area contributed by atoms with Crippen LogP contribution in [-0.4, -0.2) is 24.3 Å². The lowest BCUT2D eigenvalue weighted by atomic mass is 10.1. The number of aromatic nitrogens is 1. The molecule has 0 radical (unpaired) electrons. The number of ether oxygens (including phenoxy) is 2. The summed E-state index contributed by atoms with van der Waals surface area (Å²) in [7, 11) is 1.71. The van der Waals surface area contributed by atoms with Crippen molar-refractivity contribution in [2.45, 2.75) is 32.4 Å². The maximum atomic E-state index is 5.80. The minimum absolute atomic E-state index is 0.195. The van der Waals surface area contributed by atoms with Crippen molar-refractivity contribution in [2.24, 2.45) is 5.73 Å². The van der Waals surface area contributed by atoms with Crippen molar-refractivity contribution in [1.29, 1.82) is 0 Å². The molecule has 0 aliphatic rings. The molecular formula is C16H22N2O2. The average molecular weight is 274 g/mol. The quantitative estimate of drug-likeness (QED) is 0.880. The average Bonchev–Trinajstić information content (AvgIpc) is 2.46. The summed E-state index contributed by atoms with van der Waals surface area (Å²) in [6.07, 6.45) is 0.794. The zero-order valence-electron chi connectivity index (χ0n) is 12.3. The predicted octanol–water partition coefficient (Wildman–Crippen LogP) is 2.89. The Bertz CT molecular complexity index is 582. The Hall–Kier alpha value is -1.65. The fourth-order valence-corrected chi connectivity index (χ4v) is 1.91. The molecule has 4 heteroatoms. The highest BCUT2D eigenvalue weighted by Crippen LogP contribution is 2.23.